The smallest absolute Gasteiger partial charge is 0.311 e. The highest BCUT2D eigenvalue weighted by Gasteiger charge is 2.34. The van der Waals surface area contributed by atoms with E-state index in [2.05, 4.69) is 15.3 Å². The zero-order valence-corrected chi connectivity index (χ0v) is 10.5. The molecule has 1 aliphatic heterocycles. The van der Waals surface area contributed by atoms with Crippen molar-refractivity contribution < 1.29 is 13.2 Å². The molecule has 0 saturated carbocycles. The Balaban J connectivity index is 1.66. The first-order valence-corrected chi connectivity index (χ1v) is 6.27. The third-order valence-corrected chi connectivity index (χ3v) is 3.16. The molecule has 19 heavy (non-hydrogen) atoms. The van der Waals surface area contributed by atoms with E-state index in [1.54, 1.807) is 6.20 Å². The van der Waals surface area contributed by atoms with E-state index in [4.69, 9.17) is 0 Å². The Morgan fingerprint density at radius 3 is 2.95 bits per heavy atom. The second kappa shape index (κ2) is 6.29. The number of nitrogens with one attached hydrogen (secondary N) is 1. The Bertz CT molecular complexity index is 382. The minimum atomic E-state index is -4.09. The highest BCUT2D eigenvalue weighted by Crippen LogP contribution is 2.22. The topological polar surface area (TPSA) is 41.0 Å². The Morgan fingerprint density at radius 2 is 2.26 bits per heavy atom. The summed E-state index contributed by atoms with van der Waals surface area (Å²) in [6.07, 6.45) is -0.127. The van der Waals surface area contributed by atoms with Crippen LogP contribution < -0.4 is 5.32 Å². The summed E-state index contributed by atoms with van der Waals surface area (Å²) in [4.78, 5) is 9.37. The van der Waals surface area contributed by atoms with Crippen LogP contribution in [0.5, 0.6) is 0 Å². The van der Waals surface area contributed by atoms with E-state index in [-0.39, 0.29) is 5.92 Å². The molecule has 0 spiro atoms. The number of hydrogen-bond donors (Lipinski definition) is 1. The summed E-state index contributed by atoms with van der Waals surface area (Å²) in [5.41, 5.74) is 0.889. The van der Waals surface area contributed by atoms with Gasteiger partial charge in [0.05, 0.1) is 12.2 Å². The lowest BCUT2D eigenvalue weighted by Crippen LogP contribution is -2.33. The molecule has 0 bridgehead atoms. The zero-order valence-electron chi connectivity index (χ0n) is 10.5. The molecule has 1 aromatic rings. The standard InChI is InChI=1S/C12H17F3N4/c13-12(14,15)8-19-4-2-10(7-19)5-17-6-11-1-3-16-9-18-11/h1,3,9-10,17H,2,4-8H2. The van der Waals surface area contributed by atoms with Crippen LogP contribution in [-0.4, -0.2) is 47.2 Å². The average molecular weight is 274 g/mol. The van der Waals surface area contributed by atoms with Crippen LogP contribution >= 0.6 is 0 Å². The summed E-state index contributed by atoms with van der Waals surface area (Å²) in [5.74, 6) is 0.282. The van der Waals surface area contributed by atoms with E-state index >= 15 is 0 Å². The third kappa shape index (κ3) is 5.12. The Labute approximate surface area is 110 Å². The first kappa shape index (κ1) is 14.2. The summed E-state index contributed by atoms with van der Waals surface area (Å²) >= 11 is 0. The van der Waals surface area contributed by atoms with Crippen molar-refractivity contribution in [2.45, 2.75) is 19.1 Å². The normalized spacial score (nSPS) is 20.9. The van der Waals surface area contributed by atoms with Gasteiger partial charge in [0, 0.05) is 19.3 Å². The maximum atomic E-state index is 12.2. The van der Waals surface area contributed by atoms with Gasteiger partial charge in [0.15, 0.2) is 0 Å². The van der Waals surface area contributed by atoms with E-state index in [0.29, 0.717) is 19.6 Å². The molecule has 2 rings (SSSR count). The van der Waals surface area contributed by atoms with E-state index in [9.17, 15) is 13.2 Å². The molecular weight excluding hydrogens is 257 g/mol. The maximum Gasteiger partial charge on any atom is 0.401 e. The molecule has 1 aromatic heterocycles. The van der Waals surface area contributed by atoms with Crippen molar-refractivity contribution in [1.82, 2.24) is 20.2 Å². The van der Waals surface area contributed by atoms with Crippen molar-refractivity contribution in [3.8, 4) is 0 Å². The van der Waals surface area contributed by atoms with E-state index in [1.807, 2.05) is 6.07 Å². The summed E-state index contributed by atoms with van der Waals surface area (Å²) < 4.78 is 36.7. The van der Waals surface area contributed by atoms with Crippen molar-refractivity contribution in [2.24, 2.45) is 5.92 Å². The number of aromatic nitrogens is 2. The van der Waals surface area contributed by atoms with Gasteiger partial charge in [-0.3, -0.25) is 4.90 Å². The van der Waals surface area contributed by atoms with Crippen LogP contribution in [0.4, 0.5) is 13.2 Å². The highest BCUT2D eigenvalue weighted by molar-refractivity contribution is 4.97. The van der Waals surface area contributed by atoms with Crippen molar-refractivity contribution in [2.75, 3.05) is 26.2 Å². The SMILES string of the molecule is FC(F)(F)CN1CCC(CNCc2ccncn2)C1. The second-order valence-electron chi connectivity index (χ2n) is 4.84. The number of likely N-dealkylation sites (tertiary alicyclic amines) is 1. The molecule has 0 radical (unpaired) electrons. The van der Waals surface area contributed by atoms with Crippen LogP contribution in [0.1, 0.15) is 12.1 Å². The van der Waals surface area contributed by atoms with E-state index in [1.165, 1.54) is 11.2 Å². The van der Waals surface area contributed by atoms with Gasteiger partial charge in [-0.2, -0.15) is 13.2 Å². The first-order chi connectivity index (χ1) is 9.03. The van der Waals surface area contributed by atoms with Crippen LogP contribution in [0, 0.1) is 5.92 Å². The molecule has 4 nitrogen and oxygen atoms in total. The lowest BCUT2D eigenvalue weighted by Gasteiger charge is -2.17. The second-order valence-corrected chi connectivity index (χ2v) is 4.84. The monoisotopic (exact) mass is 274 g/mol. The van der Waals surface area contributed by atoms with Crippen molar-refractivity contribution in [1.29, 1.82) is 0 Å². The molecule has 106 valence electrons. The molecule has 1 aliphatic rings. The predicted molar refractivity (Wildman–Crippen MR) is 64.3 cm³/mol. The largest absolute Gasteiger partial charge is 0.401 e. The summed E-state index contributed by atoms with van der Waals surface area (Å²) in [5, 5.41) is 3.23. The van der Waals surface area contributed by atoms with Gasteiger partial charge in [-0.1, -0.05) is 0 Å². The molecule has 1 saturated heterocycles. The number of halogens is 3. The van der Waals surface area contributed by atoms with Crippen molar-refractivity contribution in [3.63, 3.8) is 0 Å². The minimum absolute atomic E-state index is 0.282. The van der Waals surface area contributed by atoms with Gasteiger partial charge in [0.2, 0.25) is 0 Å². The third-order valence-electron chi connectivity index (χ3n) is 3.16. The molecule has 0 aromatic carbocycles. The molecule has 2 heterocycles. The number of rotatable bonds is 5. The van der Waals surface area contributed by atoms with Gasteiger partial charge >= 0.3 is 6.18 Å². The molecule has 1 N–H and O–H groups in total. The van der Waals surface area contributed by atoms with Crippen LogP contribution in [0.2, 0.25) is 0 Å². The maximum absolute atomic E-state index is 12.2. The van der Waals surface area contributed by atoms with Gasteiger partial charge < -0.3 is 5.32 Å². The molecule has 0 aliphatic carbocycles. The number of hydrogen-bond acceptors (Lipinski definition) is 4. The van der Waals surface area contributed by atoms with Crippen molar-refractivity contribution in [3.05, 3.63) is 24.3 Å². The Kier molecular flexibility index (Phi) is 4.71. The number of alkyl halides is 3. The summed E-state index contributed by atoms with van der Waals surface area (Å²) in [6.45, 7) is 1.59. The van der Waals surface area contributed by atoms with E-state index in [0.717, 1.165) is 18.7 Å². The lowest BCUT2D eigenvalue weighted by molar-refractivity contribution is -0.143. The Morgan fingerprint density at radius 1 is 1.42 bits per heavy atom. The van der Waals surface area contributed by atoms with Crippen molar-refractivity contribution >= 4 is 0 Å². The molecule has 1 fully saturated rings. The molecular formula is C12H17F3N4. The van der Waals surface area contributed by atoms with Crippen LogP contribution in [0.25, 0.3) is 0 Å². The zero-order chi connectivity index (χ0) is 13.7. The molecule has 0 amide bonds. The fraction of sp³-hybridized carbons (Fsp3) is 0.667. The lowest BCUT2D eigenvalue weighted by atomic mass is 10.1. The molecule has 7 heteroatoms. The van der Waals surface area contributed by atoms with Crippen LogP contribution in [0.3, 0.4) is 0 Å². The highest BCUT2D eigenvalue weighted by atomic mass is 19.4. The van der Waals surface area contributed by atoms with Crippen LogP contribution in [-0.2, 0) is 6.54 Å². The minimum Gasteiger partial charge on any atom is -0.311 e. The first-order valence-electron chi connectivity index (χ1n) is 6.27. The summed E-state index contributed by atoms with van der Waals surface area (Å²) in [7, 11) is 0. The summed E-state index contributed by atoms with van der Waals surface area (Å²) in [6, 6.07) is 1.82. The van der Waals surface area contributed by atoms with Gasteiger partial charge in [-0.15, -0.1) is 0 Å². The predicted octanol–water partition coefficient (Wildman–Crippen LogP) is 1.45. The fourth-order valence-electron chi connectivity index (χ4n) is 2.30. The fourth-order valence-corrected chi connectivity index (χ4v) is 2.30. The Hall–Kier alpha value is -1.21. The number of nitrogens with zero attached hydrogens (tertiary/aromatic N) is 3. The average Bonchev–Trinajstić information content (AvgIpc) is 2.76. The quantitative estimate of drug-likeness (QED) is 0.882. The van der Waals surface area contributed by atoms with Crippen LogP contribution in [0.15, 0.2) is 18.6 Å². The van der Waals surface area contributed by atoms with Gasteiger partial charge in [0.25, 0.3) is 0 Å². The molecule has 1 unspecified atom stereocenters. The molecule has 1 atom stereocenters. The van der Waals surface area contributed by atoms with Gasteiger partial charge in [-0.05, 0) is 31.5 Å². The van der Waals surface area contributed by atoms with Gasteiger partial charge in [0.1, 0.15) is 6.33 Å². The van der Waals surface area contributed by atoms with Gasteiger partial charge in [-0.25, -0.2) is 9.97 Å². The van der Waals surface area contributed by atoms with E-state index < -0.39 is 12.7 Å².